The van der Waals surface area contributed by atoms with Gasteiger partial charge in [0.25, 0.3) is 5.91 Å². The molecule has 0 saturated carbocycles. The van der Waals surface area contributed by atoms with Crippen LogP contribution in [0.1, 0.15) is 21.5 Å². The van der Waals surface area contributed by atoms with Crippen LogP contribution in [-0.2, 0) is 0 Å². The predicted molar refractivity (Wildman–Crippen MR) is 131 cm³/mol. The van der Waals surface area contributed by atoms with E-state index in [0.29, 0.717) is 32.8 Å². The number of halogens is 2. The van der Waals surface area contributed by atoms with Crippen LogP contribution in [0.5, 0.6) is 0 Å². The summed E-state index contributed by atoms with van der Waals surface area (Å²) in [5.41, 5.74) is 5.35. The van der Waals surface area contributed by atoms with E-state index in [-0.39, 0.29) is 5.91 Å². The lowest BCUT2D eigenvalue weighted by atomic mass is 10.0. The van der Waals surface area contributed by atoms with Crippen LogP contribution < -0.4 is 5.32 Å². The SMILES string of the molecule is Cc1cc(C)c2oc(-c3cc(NC(=O)c4cccc5c(Cl)cccc45)ccc3Cl)nc2c1. The number of rotatable bonds is 3. The Morgan fingerprint density at radius 1 is 0.906 bits per heavy atom. The summed E-state index contributed by atoms with van der Waals surface area (Å²) < 4.78 is 6.01. The third kappa shape index (κ3) is 3.62. The normalized spacial score (nSPS) is 11.2. The fraction of sp³-hybridized carbons (Fsp3) is 0.0769. The quantitative estimate of drug-likeness (QED) is 0.298. The van der Waals surface area contributed by atoms with Crippen LogP contribution in [0.4, 0.5) is 5.69 Å². The Hall–Kier alpha value is -3.34. The molecular formula is C26H18Cl2N2O2. The maximum absolute atomic E-state index is 13.1. The average molecular weight is 461 g/mol. The summed E-state index contributed by atoms with van der Waals surface area (Å²) in [4.78, 5) is 17.7. The molecule has 32 heavy (non-hydrogen) atoms. The molecule has 6 heteroatoms. The number of anilines is 1. The Labute approximate surface area is 194 Å². The average Bonchev–Trinajstić information content (AvgIpc) is 3.19. The molecule has 158 valence electrons. The van der Waals surface area contributed by atoms with Gasteiger partial charge in [0.15, 0.2) is 5.58 Å². The third-order valence-corrected chi connectivity index (χ3v) is 6.05. The number of benzene rings is 4. The van der Waals surface area contributed by atoms with Gasteiger partial charge in [-0.2, -0.15) is 0 Å². The maximum atomic E-state index is 13.1. The topological polar surface area (TPSA) is 55.1 Å². The molecule has 0 unspecified atom stereocenters. The lowest BCUT2D eigenvalue weighted by Crippen LogP contribution is -2.12. The molecule has 1 heterocycles. The van der Waals surface area contributed by atoms with E-state index in [9.17, 15) is 4.79 Å². The highest BCUT2D eigenvalue weighted by atomic mass is 35.5. The Morgan fingerprint density at radius 3 is 2.53 bits per heavy atom. The second-order valence-corrected chi connectivity index (χ2v) is 8.55. The molecule has 0 saturated heterocycles. The smallest absolute Gasteiger partial charge is 0.256 e. The first-order valence-corrected chi connectivity index (χ1v) is 10.8. The van der Waals surface area contributed by atoms with E-state index in [1.807, 2.05) is 50.2 Å². The van der Waals surface area contributed by atoms with Crippen molar-refractivity contribution in [1.29, 1.82) is 0 Å². The molecule has 0 fully saturated rings. The van der Waals surface area contributed by atoms with Crippen molar-refractivity contribution >= 4 is 56.7 Å². The van der Waals surface area contributed by atoms with E-state index in [1.165, 1.54) is 0 Å². The first-order chi connectivity index (χ1) is 15.4. The number of amides is 1. The van der Waals surface area contributed by atoms with E-state index in [4.69, 9.17) is 27.6 Å². The molecule has 0 spiro atoms. The number of carbonyl (C=O) groups is 1. The molecule has 4 aromatic carbocycles. The Balaban J connectivity index is 1.52. The molecule has 5 rings (SSSR count). The van der Waals surface area contributed by atoms with Crippen molar-refractivity contribution in [3.8, 4) is 11.5 Å². The van der Waals surface area contributed by atoms with Crippen molar-refractivity contribution in [2.24, 2.45) is 0 Å². The predicted octanol–water partition coefficient (Wildman–Crippen LogP) is 7.82. The first-order valence-electron chi connectivity index (χ1n) is 10.1. The maximum Gasteiger partial charge on any atom is 0.256 e. The van der Waals surface area contributed by atoms with Crippen molar-refractivity contribution in [3.05, 3.63) is 93.5 Å². The number of nitrogens with zero attached hydrogens (tertiary/aromatic N) is 1. The van der Waals surface area contributed by atoms with Gasteiger partial charge in [0.05, 0.1) is 10.6 Å². The van der Waals surface area contributed by atoms with Crippen LogP contribution in [-0.4, -0.2) is 10.9 Å². The van der Waals surface area contributed by atoms with Crippen LogP contribution in [0.25, 0.3) is 33.3 Å². The largest absolute Gasteiger partial charge is 0.436 e. The first kappa shape index (κ1) is 20.6. The van der Waals surface area contributed by atoms with Gasteiger partial charge < -0.3 is 9.73 Å². The number of nitrogens with one attached hydrogen (secondary N) is 1. The lowest BCUT2D eigenvalue weighted by Gasteiger charge is -2.10. The van der Waals surface area contributed by atoms with Gasteiger partial charge in [0, 0.05) is 21.7 Å². The molecule has 1 aromatic heterocycles. The van der Waals surface area contributed by atoms with Crippen molar-refractivity contribution in [3.63, 3.8) is 0 Å². The van der Waals surface area contributed by atoms with Gasteiger partial charge in [-0.05, 0) is 66.8 Å². The monoisotopic (exact) mass is 460 g/mol. The van der Waals surface area contributed by atoms with Gasteiger partial charge >= 0.3 is 0 Å². The Morgan fingerprint density at radius 2 is 1.69 bits per heavy atom. The van der Waals surface area contributed by atoms with Gasteiger partial charge in [-0.15, -0.1) is 0 Å². The summed E-state index contributed by atoms with van der Waals surface area (Å²) in [6.07, 6.45) is 0. The van der Waals surface area contributed by atoms with E-state index in [0.717, 1.165) is 33.0 Å². The Kier molecular flexibility index (Phi) is 5.12. The summed E-state index contributed by atoms with van der Waals surface area (Å²) in [7, 11) is 0. The lowest BCUT2D eigenvalue weighted by molar-refractivity contribution is 0.102. The number of aryl methyl sites for hydroxylation is 2. The zero-order valence-electron chi connectivity index (χ0n) is 17.4. The van der Waals surface area contributed by atoms with Gasteiger partial charge in [-0.1, -0.05) is 53.5 Å². The number of carbonyl (C=O) groups excluding carboxylic acids is 1. The number of aromatic nitrogens is 1. The van der Waals surface area contributed by atoms with Crippen molar-refractivity contribution in [1.82, 2.24) is 4.98 Å². The highest BCUT2D eigenvalue weighted by Gasteiger charge is 2.16. The molecule has 4 nitrogen and oxygen atoms in total. The second-order valence-electron chi connectivity index (χ2n) is 7.74. The zero-order valence-corrected chi connectivity index (χ0v) is 18.9. The standard InChI is InChI=1S/C26H18Cl2N2O2/c1-14-11-15(2)24-23(12-14)30-26(32-24)20-13-16(9-10-22(20)28)29-25(31)19-7-3-6-18-17(19)5-4-8-21(18)27/h3-13H,1-2H3,(H,29,31). The van der Waals surface area contributed by atoms with Crippen LogP contribution in [0, 0.1) is 13.8 Å². The molecule has 0 bridgehead atoms. The third-order valence-electron chi connectivity index (χ3n) is 5.39. The number of hydrogen-bond acceptors (Lipinski definition) is 3. The minimum Gasteiger partial charge on any atom is -0.436 e. The van der Waals surface area contributed by atoms with E-state index < -0.39 is 0 Å². The molecule has 0 aliphatic rings. The van der Waals surface area contributed by atoms with Gasteiger partial charge in [0.2, 0.25) is 5.89 Å². The fourth-order valence-electron chi connectivity index (χ4n) is 3.93. The van der Waals surface area contributed by atoms with Gasteiger partial charge in [0.1, 0.15) is 5.52 Å². The van der Waals surface area contributed by atoms with Gasteiger partial charge in [-0.25, -0.2) is 4.98 Å². The van der Waals surface area contributed by atoms with E-state index >= 15 is 0 Å². The van der Waals surface area contributed by atoms with E-state index in [2.05, 4.69) is 10.3 Å². The van der Waals surface area contributed by atoms with Crippen molar-refractivity contribution < 1.29 is 9.21 Å². The second kappa shape index (κ2) is 7.97. The Bertz CT molecular complexity index is 1520. The van der Waals surface area contributed by atoms with Crippen molar-refractivity contribution in [2.75, 3.05) is 5.32 Å². The zero-order chi connectivity index (χ0) is 22.4. The number of hydrogen-bond donors (Lipinski definition) is 1. The molecule has 5 aromatic rings. The van der Waals surface area contributed by atoms with E-state index in [1.54, 1.807) is 30.3 Å². The minimum atomic E-state index is -0.241. The van der Waals surface area contributed by atoms with Crippen molar-refractivity contribution in [2.45, 2.75) is 13.8 Å². The number of fused-ring (bicyclic) bond motifs is 2. The summed E-state index contributed by atoms with van der Waals surface area (Å²) in [5.74, 6) is 0.168. The minimum absolute atomic E-state index is 0.241. The molecule has 0 aliphatic heterocycles. The molecule has 0 aliphatic carbocycles. The molecule has 1 N–H and O–H groups in total. The summed E-state index contributed by atoms with van der Waals surface area (Å²) in [6.45, 7) is 4.00. The van der Waals surface area contributed by atoms with Gasteiger partial charge in [-0.3, -0.25) is 4.79 Å². The van der Waals surface area contributed by atoms with Crippen LogP contribution in [0.3, 0.4) is 0 Å². The van der Waals surface area contributed by atoms with Crippen LogP contribution in [0.15, 0.2) is 71.1 Å². The van der Waals surface area contributed by atoms with Crippen LogP contribution >= 0.6 is 23.2 Å². The summed E-state index contributed by atoms with van der Waals surface area (Å²) >= 11 is 12.7. The summed E-state index contributed by atoms with van der Waals surface area (Å²) in [5, 5.41) is 5.66. The number of oxazole rings is 1. The molecule has 0 atom stereocenters. The summed E-state index contributed by atoms with van der Waals surface area (Å²) in [6, 6.07) is 20.3. The highest BCUT2D eigenvalue weighted by Crippen LogP contribution is 2.34. The molecule has 1 amide bonds. The highest BCUT2D eigenvalue weighted by molar-refractivity contribution is 6.36. The molecular weight excluding hydrogens is 443 g/mol. The molecule has 0 radical (unpaired) electrons. The van der Waals surface area contributed by atoms with Crippen LogP contribution in [0.2, 0.25) is 10.0 Å². The fourth-order valence-corrected chi connectivity index (χ4v) is 4.36.